The molecule has 0 N–H and O–H groups in total. The van der Waals surface area contributed by atoms with Gasteiger partial charge >= 0.3 is 0 Å². The molecule has 4 heteroatoms. The van der Waals surface area contributed by atoms with Crippen molar-refractivity contribution in [2.24, 2.45) is 5.92 Å². The van der Waals surface area contributed by atoms with Crippen LogP contribution in [0.15, 0.2) is 24.3 Å². The molecule has 0 saturated carbocycles. The maximum atomic E-state index is 11.6. The number of nitrogens with zero attached hydrogens (tertiary/aromatic N) is 2. The van der Waals surface area contributed by atoms with E-state index in [-0.39, 0.29) is 12.2 Å². The van der Waals surface area contributed by atoms with E-state index in [1.165, 1.54) is 7.11 Å². The predicted molar refractivity (Wildman–Crippen MR) is 68.0 cm³/mol. The maximum absolute atomic E-state index is 11.6. The smallest absolute Gasteiger partial charge is 0.165 e. The fourth-order valence-corrected chi connectivity index (χ4v) is 1.20. The minimum absolute atomic E-state index is 0.0701. The number of rotatable bonds is 4. The molecule has 0 aliphatic carbocycles. The molecule has 0 heterocycles. The molecule has 0 aromatic heterocycles. The van der Waals surface area contributed by atoms with Crippen LogP contribution in [0.25, 0.3) is 0 Å². The zero-order valence-corrected chi connectivity index (χ0v) is 10.8. The van der Waals surface area contributed by atoms with E-state index in [0.29, 0.717) is 11.3 Å². The Morgan fingerprint density at radius 1 is 1.22 bits per heavy atom. The molecule has 18 heavy (non-hydrogen) atoms. The molecule has 0 saturated heterocycles. The monoisotopic (exact) mass is 244 g/mol. The molecule has 0 fully saturated rings. The highest BCUT2D eigenvalue weighted by Gasteiger charge is 2.13. The molecule has 0 aliphatic heterocycles. The van der Waals surface area contributed by atoms with E-state index in [9.17, 15) is 4.79 Å². The summed E-state index contributed by atoms with van der Waals surface area (Å²) in [6.45, 7) is 4.00. The van der Waals surface area contributed by atoms with Crippen molar-refractivity contribution in [2.75, 3.05) is 7.11 Å². The predicted octanol–water partition coefficient (Wildman–Crippen LogP) is 2.96. The zero-order chi connectivity index (χ0) is 14.0. The van der Waals surface area contributed by atoms with Crippen LogP contribution in [0, 0.1) is 28.6 Å². The van der Waals surface area contributed by atoms with Crippen LogP contribution in [0.4, 0.5) is 0 Å². The van der Waals surface area contributed by atoms with Gasteiger partial charge in [-0.1, -0.05) is 13.8 Å². The lowest BCUT2D eigenvalue weighted by atomic mass is 10.0. The van der Waals surface area contributed by atoms with Gasteiger partial charge in [-0.25, -0.2) is 0 Å². The quantitative estimate of drug-likeness (QED) is 0.763. The molecule has 94 valence electrons. The van der Waals surface area contributed by atoms with Gasteiger partial charge in [0.15, 0.2) is 5.78 Å². The van der Waals surface area contributed by atoms with E-state index in [2.05, 4.69) is 0 Å². The first kappa shape index (κ1) is 15.7. The summed E-state index contributed by atoms with van der Waals surface area (Å²) in [6.07, 6.45) is -0.0701. The minimum Gasteiger partial charge on any atom is -0.497 e. The number of methoxy groups -OCH3 is 1. The third kappa shape index (κ3) is 4.67. The van der Waals surface area contributed by atoms with Crippen LogP contribution in [0.3, 0.4) is 0 Å². The Labute approximate surface area is 107 Å². The SMILES string of the molecule is CC.COc1ccc(C(=O)CC(C#N)C#N)cc1. The summed E-state index contributed by atoms with van der Waals surface area (Å²) in [5, 5.41) is 17.1. The molecule has 1 rings (SSSR count). The van der Waals surface area contributed by atoms with Crippen molar-refractivity contribution in [2.45, 2.75) is 20.3 Å². The van der Waals surface area contributed by atoms with E-state index < -0.39 is 5.92 Å². The second-order valence-electron chi connectivity index (χ2n) is 3.17. The van der Waals surface area contributed by atoms with Gasteiger partial charge in [0.1, 0.15) is 11.7 Å². The summed E-state index contributed by atoms with van der Waals surface area (Å²) in [4.78, 5) is 11.6. The summed E-state index contributed by atoms with van der Waals surface area (Å²) < 4.78 is 4.96. The molecule has 4 nitrogen and oxygen atoms in total. The highest BCUT2D eigenvalue weighted by molar-refractivity contribution is 5.96. The van der Waals surface area contributed by atoms with Crippen molar-refractivity contribution in [1.82, 2.24) is 0 Å². The fourth-order valence-electron chi connectivity index (χ4n) is 1.20. The summed E-state index contributed by atoms with van der Waals surface area (Å²) in [6, 6.07) is 10.1. The van der Waals surface area contributed by atoms with Gasteiger partial charge in [0.05, 0.1) is 19.2 Å². The van der Waals surface area contributed by atoms with Crippen molar-refractivity contribution in [3.63, 3.8) is 0 Å². The average molecular weight is 244 g/mol. The minimum atomic E-state index is -0.880. The molecule has 0 aliphatic rings. The Morgan fingerprint density at radius 3 is 2.11 bits per heavy atom. The number of hydrogen-bond donors (Lipinski definition) is 0. The van der Waals surface area contributed by atoms with Gasteiger partial charge in [0, 0.05) is 12.0 Å². The Balaban J connectivity index is 0.00000137. The molecular formula is C14H16N2O2. The molecule has 1 aromatic rings. The van der Waals surface area contributed by atoms with Crippen LogP contribution >= 0.6 is 0 Å². The largest absolute Gasteiger partial charge is 0.497 e. The van der Waals surface area contributed by atoms with Crippen LogP contribution in [-0.4, -0.2) is 12.9 Å². The number of hydrogen-bond acceptors (Lipinski definition) is 4. The summed E-state index contributed by atoms with van der Waals surface area (Å²) in [7, 11) is 1.54. The van der Waals surface area contributed by atoms with E-state index in [4.69, 9.17) is 15.3 Å². The maximum Gasteiger partial charge on any atom is 0.165 e. The normalized spacial score (nSPS) is 8.56. The van der Waals surface area contributed by atoms with Gasteiger partial charge in [-0.3, -0.25) is 4.79 Å². The first-order valence-corrected chi connectivity index (χ1v) is 5.67. The van der Waals surface area contributed by atoms with Gasteiger partial charge in [0.25, 0.3) is 0 Å². The third-order valence-electron chi connectivity index (χ3n) is 2.11. The second kappa shape index (κ2) is 8.78. The van der Waals surface area contributed by atoms with Gasteiger partial charge in [0.2, 0.25) is 0 Å². The first-order valence-electron chi connectivity index (χ1n) is 5.67. The van der Waals surface area contributed by atoms with Gasteiger partial charge in [-0.2, -0.15) is 10.5 Å². The summed E-state index contributed by atoms with van der Waals surface area (Å²) >= 11 is 0. The molecule has 0 unspecified atom stereocenters. The number of benzene rings is 1. The summed E-state index contributed by atoms with van der Waals surface area (Å²) in [5.41, 5.74) is 0.483. The lowest BCUT2D eigenvalue weighted by Crippen LogP contribution is -2.05. The topological polar surface area (TPSA) is 73.9 Å². The number of ketones is 1. The second-order valence-corrected chi connectivity index (χ2v) is 3.17. The number of carbonyl (C=O) groups is 1. The molecule has 0 radical (unpaired) electrons. The van der Waals surface area contributed by atoms with Crippen LogP contribution in [0.5, 0.6) is 5.75 Å². The van der Waals surface area contributed by atoms with Crippen molar-refractivity contribution in [1.29, 1.82) is 10.5 Å². The number of carbonyl (C=O) groups excluding carboxylic acids is 1. The van der Waals surface area contributed by atoms with E-state index in [1.54, 1.807) is 36.4 Å². The number of ether oxygens (including phenoxy) is 1. The van der Waals surface area contributed by atoms with E-state index >= 15 is 0 Å². The molecule has 0 amide bonds. The molecule has 1 aromatic carbocycles. The fraction of sp³-hybridized carbons (Fsp3) is 0.357. The lowest BCUT2D eigenvalue weighted by molar-refractivity contribution is 0.0976. The van der Waals surface area contributed by atoms with Crippen LogP contribution in [0.2, 0.25) is 0 Å². The average Bonchev–Trinajstić information content (AvgIpc) is 2.46. The standard InChI is InChI=1S/C12H10N2O2.C2H6/c1-16-11-4-2-10(3-5-11)12(15)6-9(7-13)8-14;1-2/h2-5,9H,6H2,1H3;1-2H3. The van der Waals surface area contributed by atoms with Crippen LogP contribution in [0.1, 0.15) is 30.6 Å². The molecule has 0 atom stereocenters. The molecular weight excluding hydrogens is 228 g/mol. The van der Waals surface area contributed by atoms with Crippen molar-refractivity contribution < 1.29 is 9.53 Å². The Bertz CT molecular complexity index is 438. The highest BCUT2D eigenvalue weighted by atomic mass is 16.5. The lowest BCUT2D eigenvalue weighted by Gasteiger charge is -2.02. The number of nitriles is 2. The van der Waals surface area contributed by atoms with E-state index in [0.717, 1.165) is 0 Å². The van der Waals surface area contributed by atoms with Crippen LogP contribution in [-0.2, 0) is 0 Å². The van der Waals surface area contributed by atoms with Gasteiger partial charge in [-0.15, -0.1) is 0 Å². The van der Waals surface area contributed by atoms with Crippen LogP contribution < -0.4 is 4.74 Å². The third-order valence-corrected chi connectivity index (χ3v) is 2.11. The Hall–Kier alpha value is -2.33. The summed E-state index contributed by atoms with van der Waals surface area (Å²) in [5.74, 6) is -0.431. The first-order chi connectivity index (χ1) is 8.71. The zero-order valence-electron chi connectivity index (χ0n) is 10.8. The Morgan fingerprint density at radius 2 is 1.72 bits per heavy atom. The van der Waals surface area contributed by atoms with Gasteiger partial charge < -0.3 is 4.74 Å². The molecule has 0 spiro atoms. The Kier molecular flexibility index (Phi) is 7.64. The van der Waals surface area contributed by atoms with Gasteiger partial charge in [-0.05, 0) is 24.3 Å². The number of Topliss-reactive ketones (excluding diaryl/α,β-unsaturated/α-hetero) is 1. The van der Waals surface area contributed by atoms with E-state index in [1.807, 2.05) is 13.8 Å². The van der Waals surface area contributed by atoms with Crippen molar-refractivity contribution >= 4 is 5.78 Å². The highest BCUT2D eigenvalue weighted by Crippen LogP contribution is 2.14. The van der Waals surface area contributed by atoms with Crippen molar-refractivity contribution in [3.05, 3.63) is 29.8 Å². The molecule has 0 bridgehead atoms. The van der Waals surface area contributed by atoms with Crippen molar-refractivity contribution in [3.8, 4) is 17.9 Å².